The summed E-state index contributed by atoms with van der Waals surface area (Å²) in [5, 5.41) is 10.6. The highest BCUT2D eigenvalue weighted by Gasteiger charge is 2.20. The predicted octanol–water partition coefficient (Wildman–Crippen LogP) is 2.57. The van der Waals surface area contributed by atoms with E-state index in [-0.39, 0.29) is 10.8 Å². The molecule has 0 unspecified atom stereocenters. The SMILES string of the molecule is Cc1nc(Cl)c([N+](=O)[O-])c(C)c1C. The van der Waals surface area contributed by atoms with Gasteiger partial charge in [-0.25, -0.2) is 4.98 Å². The van der Waals surface area contributed by atoms with Crippen molar-refractivity contribution < 1.29 is 4.92 Å². The standard InChI is InChI=1S/C8H9ClN2O2/c1-4-5(2)7(11(12)13)8(9)10-6(4)3/h1-3H3. The van der Waals surface area contributed by atoms with Crippen LogP contribution in [-0.2, 0) is 0 Å². The van der Waals surface area contributed by atoms with Gasteiger partial charge in [-0.1, -0.05) is 11.6 Å². The normalized spacial score (nSPS) is 10.2. The van der Waals surface area contributed by atoms with E-state index in [9.17, 15) is 10.1 Å². The molecule has 0 aliphatic carbocycles. The molecule has 1 rings (SSSR count). The third-order valence-electron chi connectivity index (χ3n) is 2.10. The molecule has 0 N–H and O–H groups in total. The van der Waals surface area contributed by atoms with Crippen molar-refractivity contribution >= 4 is 17.3 Å². The van der Waals surface area contributed by atoms with Crippen LogP contribution in [0.2, 0.25) is 5.15 Å². The zero-order valence-corrected chi connectivity index (χ0v) is 8.34. The van der Waals surface area contributed by atoms with Crippen molar-refractivity contribution in [2.24, 2.45) is 0 Å². The number of nitrogens with zero attached hydrogens (tertiary/aromatic N) is 2. The molecule has 70 valence electrons. The number of rotatable bonds is 1. The summed E-state index contributed by atoms with van der Waals surface area (Å²) in [7, 11) is 0. The Morgan fingerprint density at radius 2 is 1.85 bits per heavy atom. The molecular weight excluding hydrogens is 192 g/mol. The molecule has 4 nitrogen and oxygen atoms in total. The van der Waals surface area contributed by atoms with Gasteiger partial charge in [0.25, 0.3) is 0 Å². The molecule has 13 heavy (non-hydrogen) atoms. The van der Waals surface area contributed by atoms with E-state index in [4.69, 9.17) is 11.6 Å². The summed E-state index contributed by atoms with van der Waals surface area (Å²) in [6.45, 7) is 5.24. The van der Waals surface area contributed by atoms with Gasteiger partial charge in [0, 0.05) is 11.3 Å². The van der Waals surface area contributed by atoms with Crippen molar-refractivity contribution in [1.82, 2.24) is 4.98 Å². The fourth-order valence-corrected chi connectivity index (χ4v) is 1.44. The Morgan fingerprint density at radius 3 is 2.31 bits per heavy atom. The van der Waals surface area contributed by atoms with Gasteiger partial charge in [0.2, 0.25) is 5.15 Å². The quantitative estimate of drug-likeness (QED) is 0.398. The molecule has 0 aliphatic rings. The lowest BCUT2D eigenvalue weighted by Crippen LogP contribution is -2.00. The second-order valence-corrected chi connectivity index (χ2v) is 3.20. The van der Waals surface area contributed by atoms with Gasteiger partial charge in [-0.05, 0) is 26.3 Å². The van der Waals surface area contributed by atoms with Crippen molar-refractivity contribution in [1.29, 1.82) is 0 Å². The molecule has 1 heterocycles. The zero-order valence-electron chi connectivity index (χ0n) is 7.59. The van der Waals surface area contributed by atoms with Crippen molar-refractivity contribution in [3.8, 4) is 0 Å². The largest absolute Gasteiger partial charge is 0.309 e. The number of nitro groups is 1. The lowest BCUT2D eigenvalue weighted by atomic mass is 10.1. The first kappa shape index (κ1) is 9.92. The summed E-state index contributed by atoms with van der Waals surface area (Å²) < 4.78 is 0. The van der Waals surface area contributed by atoms with Gasteiger partial charge in [-0.2, -0.15) is 0 Å². The second-order valence-electron chi connectivity index (χ2n) is 2.84. The van der Waals surface area contributed by atoms with E-state index >= 15 is 0 Å². The van der Waals surface area contributed by atoms with Crippen molar-refractivity contribution in [3.05, 3.63) is 32.1 Å². The molecular formula is C8H9ClN2O2. The van der Waals surface area contributed by atoms with Crippen LogP contribution < -0.4 is 0 Å². The molecule has 1 aromatic rings. The van der Waals surface area contributed by atoms with Gasteiger partial charge < -0.3 is 0 Å². The molecule has 0 aromatic carbocycles. The van der Waals surface area contributed by atoms with E-state index in [1.54, 1.807) is 20.8 Å². The first-order valence-electron chi connectivity index (χ1n) is 3.72. The molecule has 0 spiro atoms. The van der Waals surface area contributed by atoms with Gasteiger partial charge in [0.1, 0.15) is 0 Å². The maximum Gasteiger partial charge on any atom is 0.309 e. The minimum absolute atomic E-state index is 0.0365. The van der Waals surface area contributed by atoms with Crippen LogP contribution in [0.5, 0.6) is 0 Å². The van der Waals surface area contributed by atoms with E-state index in [2.05, 4.69) is 4.98 Å². The van der Waals surface area contributed by atoms with Crippen LogP contribution in [0.4, 0.5) is 5.69 Å². The Morgan fingerprint density at radius 1 is 1.31 bits per heavy atom. The van der Waals surface area contributed by atoms with E-state index in [1.165, 1.54) is 0 Å². The molecule has 0 atom stereocenters. The van der Waals surface area contributed by atoms with E-state index in [1.807, 2.05) is 0 Å². The molecule has 0 fully saturated rings. The summed E-state index contributed by atoms with van der Waals surface area (Å²) >= 11 is 5.65. The third kappa shape index (κ3) is 1.62. The first-order valence-corrected chi connectivity index (χ1v) is 4.10. The van der Waals surface area contributed by atoms with Crippen molar-refractivity contribution in [2.45, 2.75) is 20.8 Å². The highest BCUT2D eigenvalue weighted by molar-refractivity contribution is 6.31. The lowest BCUT2D eigenvalue weighted by molar-refractivity contribution is -0.385. The molecule has 0 saturated carbocycles. The topological polar surface area (TPSA) is 56.0 Å². The molecule has 0 bridgehead atoms. The van der Waals surface area contributed by atoms with Gasteiger partial charge in [0.15, 0.2) is 0 Å². The highest BCUT2D eigenvalue weighted by Crippen LogP contribution is 2.29. The molecule has 1 aromatic heterocycles. The van der Waals surface area contributed by atoms with Gasteiger partial charge in [-0.15, -0.1) is 0 Å². The fraction of sp³-hybridized carbons (Fsp3) is 0.375. The zero-order chi connectivity index (χ0) is 10.2. The fourth-order valence-electron chi connectivity index (χ4n) is 1.10. The average molecular weight is 201 g/mol. The number of halogens is 1. The maximum atomic E-state index is 10.6. The summed E-state index contributed by atoms with van der Waals surface area (Å²) in [5.74, 6) is 0. The average Bonchev–Trinajstić information content (AvgIpc) is 1.99. The van der Waals surface area contributed by atoms with E-state index in [0.29, 0.717) is 5.56 Å². The van der Waals surface area contributed by atoms with Crippen LogP contribution >= 0.6 is 11.6 Å². The summed E-state index contributed by atoms with van der Waals surface area (Å²) in [5.41, 5.74) is 2.04. The molecule has 0 saturated heterocycles. The first-order chi connectivity index (χ1) is 5.95. The lowest BCUT2D eigenvalue weighted by Gasteiger charge is -2.05. The number of hydrogen-bond donors (Lipinski definition) is 0. The van der Waals surface area contributed by atoms with Crippen LogP contribution in [0.25, 0.3) is 0 Å². The monoisotopic (exact) mass is 200 g/mol. The number of hydrogen-bond acceptors (Lipinski definition) is 3. The molecule has 0 aliphatic heterocycles. The smallest absolute Gasteiger partial charge is 0.258 e. The van der Waals surface area contributed by atoms with E-state index in [0.717, 1.165) is 11.3 Å². The Kier molecular flexibility index (Phi) is 2.52. The highest BCUT2D eigenvalue weighted by atomic mass is 35.5. The van der Waals surface area contributed by atoms with Crippen LogP contribution in [-0.4, -0.2) is 9.91 Å². The number of aryl methyl sites for hydroxylation is 1. The summed E-state index contributed by atoms with van der Waals surface area (Å²) in [4.78, 5) is 14.0. The Balaban J connectivity index is 3.53. The molecule has 5 heteroatoms. The van der Waals surface area contributed by atoms with E-state index < -0.39 is 4.92 Å². The van der Waals surface area contributed by atoms with Crippen LogP contribution in [0, 0.1) is 30.9 Å². The van der Waals surface area contributed by atoms with Crippen LogP contribution in [0.1, 0.15) is 16.8 Å². The van der Waals surface area contributed by atoms with Gasteiger partial charge >= 0.3 is 5.69 Å². The van der Waals surface area contributed by atoms with Crippen molar-refractivity contribution in [3.63, 3.8) is 0 Å². The molecule has 0 radical (unpaired) electrons. The summed E-state index contributed by atoms with van der Waals surface area (Å²) in [6, 6.07) is 0. The predicted molar refractivity (Wildman–Crippen MR) is 50.1 cm³/mol. The minimum Gasteiger partial charge on any atom is -0.258 e. The number of pyridine rings is 1. The Labute approximate surface area is 80.7 Å². The third-order valence-corrected chi connectivity index (χ3v) is 2.37. The minimum atomic E-state index is -0.503. The molecule has 0 amide bonds. The second kappa shape index (κ2) is 3.30. The van der Waals surface area contributed by atoms with Crippen LogP contribution in [0.15, 0.2) is 0 Å². The summed E-state index contributed by atoms with van der Waals surface area (Å²) in [6.07, 6.45) is 0. The number of aromatic nitrogens is 1. The Hall–Kier alpha value is -1.16. The Bertz CT molecular complexity index is 377. The van der Waals surface area contributed by atoms with Gasteiger partial charge in [-0.3, -0.25) is 10.1 Å². The van der Waals surface area contributed by atoms with Gasteiger partial charge in [0.05, 0.1) is 4.92 Å². The van der Waals surface area contributed by atoms with Crippen LogP contribution in [0.3, 0.4) is 0 Å². The maximum absolute atomic E-state index is 10.6. The van der Waals surface area contributed by atoms with Crippen molar-refractivity contribution in [2.75, 3.05) is 0 Å².